The van der Waals surface area contributed by atoms with Gasteiger partial charge in [0, 0.05) is 31.7 Å². The summed E-state index contributed by atoms with van der Waals surface area (Å²) < 4.78 is 7.65. The summed E-state index contributed by atoms with van der Waals surface area (Å²) in [6.07, 6.45) is 3.04. The molecule has 0 fully saturated rings. The van der Waals surface area contributed by atoms with Crippen molar-refractivity contribution in [2.45, 2.75) is 19.6 Å². The first-order chi connectivity index (χ1) is 15.5. The number of hydrogen-bond donors (Lipinski definition) is 1. The number of urea groups is 1. The summed E-state index contributed by atoms with van der Waals surface area (Å²) in [5.74, 6) is 0.845. The average Bonchev–Trinajstić information content (AvgIpc) is 2.80. The Balaban J connectivity index is 1.38. The minimum absolute atomic E-state index is 0.121. The van der Waals surface area contributed by atoms with E-state index in [0.29, 0.717) is 18.8 Å². The third-order valence-corrected chi connectivity index (χ3v) is 5.44. The third kappa shape index (κ3) is 4.91. The molecule has 0 radical (unpaired) electrons. The van der Waals surface area contributed by atoms with E-state index in [-0.39, 0.29) is 17.8 Å². The summed E-state index contributed by atoms with van der Waals surface area (Å²) in [5, 5.41) is 2.93. The molecule has 4 rings (SSSR count). The van der Waals surface area contributed by atoms with Crippen LogP contribution < -0.4 is 20.6 Å². The van der Waals surface area contributed by atoms with Crippen LogP contribution in [-0.4, -0.2) is 53.3 Å². The second-order valence-corrected chi connectivity index (χ2v) is 7.79. The summed E-state index contributed by atoms with van der Waals surface area (Å²) in [4.78, 5) is 32.3. The zero-order valence-corrected chi connectivity index (χ0v) is 18.3. The van der Waals surface area contributed by atoms with Crippen molar-refractivity contribution in [2.75, 3.05) is 36.9 Å². The number of carbonyl (C=O) groups is 1. The number of rotatable bonds is 6. The van der Waals surface area contributed by atoms with E-state index < -0.39 is 0 Å². The Morgan fingerprint density at radius 2 is 2.06 bits per heavy atom. The number of aromatic nitrogens is 2. The summed E-state index contributed by atoms with van der Waals surface area (Å²) in [6.45, 7) is 4.55. The number of nitrogens with zero attached hydrogens (tertiary/aromatic N) is 4. The number of ether oxygens (including phenoxy) is 1. The van der Waals surface area contributed by atoms with Crippen molar-refractivity contribution in [2.24, 2.45) is 0 Å². The van der Waals surface area contributed by atoms with Crippen molar-refractivity contribution < 1.29 is 9.53 Å². The van der Waals surface area contributed by atoms with E-state index in [1.54, 1.807) is 24.2 Å². The highest BCUT2D eigenvalue weighted by atomic mass is 16.5. The van der Waals surface area contributed by atoms with E-state index >= 15 is 0 Å². The van der Waals surface area contributed by atoms with E-state index in [2.05, 4.69) is 28.2 Å². The third-order valence-electron chi connectivity index (χ3n) is 5.44. The lowest BCUT2D eigenvalue weighted by atomic mass is 10.2. The standard InChI is InChI=1S/C24H27N5O3/c1-3-28-17-20(32-22-11-5-4-10-21(22)28)16-27(2)24(31)26-19-9-6-8-18(14-19)15-29-13-7-12-25-23(29)30/h4-14,20H,3,15-17H2,1-2H3,(H,26,31)/t20-/m0/s1. The molecular formula is C24H27N5O3. The second kappa shape index (κ2) is 9.55. The molecule has 0 aliphatic carbocycles. The number of benzene rings is 2. The molecule has 1 aliphatic heterocycles. The van der Waals surface area contributed by atoms with Gasteiger partial charge in [0.2, 0.25) is 0 Å². The van der Waals surface area contributed by atoms with Crippen molar-refractivity contribution in [3.63, 3.8) is 0 Å². The van der Waals surface area contributed by atoms with Crippen molar-refractivity contribution in [1.29, 1.82) is 0 Å². The molecule has 1 aliphatic rings. The quantitative estimate of drug-likeness (QED) is 0.646. The SMILES string of the molecule is CCN1C[C@H](CN(C)C(=O)Nc2cccc(Cn3cccnc3=O)c2)Oc2ccccc21. The van der Waals surface area contributed by atoms with Crippen molar-refractivity contribution in [1.82, 2.24) is 14.5 Å². The van der Waals surface area contributed by atoms with E-state index in [1.165, 1.54) is 10.8 Å². The lowest BCUT2D eigenvalue weighted by Gasteiger charge is -2.37. The minimum atomic E-state index is -0.308. The first-order valence-electron chi connectivity index (χ1n) is 10.7. The highest BCUT2D eigenvalue weighted by Gasteiger charge is 2.26. The highest BCUT2D eigenvalue weighted by Crippen LogP contribution is 2.32. The topological polar surface area (TPSA) is 79.7 Å². The number of anilines is 2. The highest BCUT2D eigenvalue weighted by molar-refractivity contribution is 5.89. The van der Waals surface area contributed by atoms with Crippen LogP contribution in [0.2, 0.25) is 0 Å². The Bertz CT molecular complexity index is 1150. The van der Waals surface area contributed by atoms with Crippen LogP contribution in [0.4, 0.5) is 16.2 Å². The molecule has 8 nitrogen and oxygen atoms in total. The normalized spacial score (nSPS) is 14.9. The van der Waals surface area contributed by atoms with E-state index in [1.807, 2.05) is 42.5 Å². The fraction of sp³-hybridized carbons (Fsp3) is 0.292. The number of carbonyl (C=O) groups excluding carboxylic acids is 1. The first-order valence-corrected chi connectivity index (χ1v) is 10.7. The number of likely N-dealkylation sites (N-methyl/N-ethyl adjacent to an activating group) is 2. The van der Waals surface area contributed by atoms with Crippen LogP contribution in [0, 0.1) is 0 Å². The Kier molecular flexibility index (Phi) is 6.39. The number of nitrogens with one attached hydrogen (secondary N) is 1. The molecule has 0 saturated heterocycles. The molecule has 0 bridgehead atoms. The van der Waals surface area contributed by atoms with Crippen LogP contribution >= 0.6 is 0 Å². The molecule has 1 aromatic heterocycles. The van der Waals surface area contributed by atoms with Crippen LogP contribution in [-0.2, 0) is 6.54 Å². The maximum atomic E-state index is 12.8. The number of fused-ring (bicyclic) bond motifs is 1. The molecule has 0 unspecified atom stereocenters. The summed E-state index contributed by atoms with van der Waals surface area (Å²) in [6, 6.07) is 16.9. The Morgan fingerprint density at radius 3 is 2.88 bits per heavy atom. The van der Waals surface area contributed by atoms with E-state index in [4.69, 9.17) is 4.74 Å². The van der Waals surface area contributed by atoms with Crippen molar-refractivity contribution in [3.05, 3.63) is 83.0 Å². The molecule has 8 heteroatoms. The largest absolute Gasteiger partial charge is 0.485 e. The molecule has 0 spiro atoms. The molecule has 1 N–H and O–H groups in total. The molecule has 1 atom stereocenters. The van der Waals surface area contributed by atoms with Gasteiger partial charge in [-0.2, -0.15) is 0 Å². The molecule has 0 saturated carbocycles. The fourth-order valence-electron chi connectivity index (χ4n) is 3.83. The minimum Gasteiger partial charge on any atom is -0.485 e. The van der Waals surface area contributed by atoms with Gasteiger partial charge in [0.15, 0.2) is 0 Å². The first kappa shape index (κ1) is 21.4. The van der Waals surface area contributed by atoms with Crippen LogP contribution in [0.5, 0.6) is 5.75 Å². The lowest BCUT2D eigenvalue weighted by Crippen LogP contribution is -2.47. The summed E-state index contributed by atoms with van der Waals surface area (Å²) in [5.41, 5.74) is 2.34. The van der Waals surface area contributed by atoms with Crippen molar-refractivity contribution >= 4 is 17.4 Å². The average molecular weight is 434 g/mol. The van der Waals surface area contributed by atoms with Gasteiger partial charge in [0.25, 0.3) is 0 Å². The smallest absolute Gasteiger partial charge is 0.347 e. The maximum absolute atomic E-state index is 12.8. The summed E-state index contributed by atoms with van der Waals surface area (Å²) >= 11 is 0. The van der Waals surface area contributed by atoms with Gasteiger partial charge in [-0.3, -0.25) is 4.57 Å². The Labute approximate surface area is 187 Å². The number of amides is 2. The predicted octanol–water partition coefficient (Wildman–Crippen LogP) is 3.04. The van der Waals surface area contributed by atoms with Gasteiger partial charge < -0.3 is 19.9 Å². The number of hydrogen-bond acceptors (Lipinski definition) is 5. The molecular weight excluding hydrogens is 406 g/mol. The van der Waals surface area contributed by atoms with Gasteiger partial charge in [0.05, 0.1) is 25.3 Å². The molecule has 2 aromatic carbocycles. The van der Waals surface area contributed by atoms with Gasteiger partial charge in [-0.05, 0) is 42.8 Å². The molecule has 3 aromatic rings. The molecule has 166 valence electrons. The van der Waals surface area contributed by atoms with Crippen LogP contribution in [0.15, 0.2) is 71.8 Å². The zero-order valence-electron chi connectivity index (χ0n) is 18.3. The van der Waals surface area contributed by atoms with Crippen LogP contribution in [0.1, 0.15) is 12.5 Å². The van der Waals surface area contributed by atoms with Crippen LogP contribution in [0.25, 0.3) is 0 Å². The van der Waals surface area contributed by atoms with Gasteiger partial charge >= 0.3 is 11.7 Å². The fourth-order valence-corrected chi connectivity index (χ4v) is 3.83. The van der Waals surface area contributed by atoms with E-state index in [0.717, 1.165) is 30.1 Å². The van der Waals surface area contributed by atoms with Gasteiger partial charge in [-0.1, -0.05) is 24.3 Å². The summed E-state index contributed by atoms with van der Waals surface area (Å²) in [7, 11) is 1.76. The molecule has 2 amide bonds. The van der Waals surface area contributed by atoms with Gasteiger partial charge in [-0.25, -0.2) is 14.6 Å². The lowest BCUT2D eigenvalue weighted by molar-refractivity contribution is 0.150. The monoisotopic (exact) mass is 433 g/mol. The maximum Gasteiger partial charge on any atom is 0.347 e. The molecule has 2 heterocycles. The van der Waals surface area contributed by atoms with Crippen molar-refractivity contribution in [3.8, 4) is 5.75 Å². The zero-order chi connectivity index (χ0) is 22.5. The Morgan fingerprint density at radius 1 is 1.22 bits per heavy atom. The molecule has 32 heavy (non-hydrogen) atoms. The number of para-hydroxylation sites is 2. The predicted molar refractivity (Wildman–Crippen MR) is 124 cm³/mol. The van der Waals surface area contributed by atoms with Gasteiger partial charge in [-0.15, -0.1) is 0 Å². The van der Waals surface area contributed by atoms with E-state index in [9.17, 15) is 9.59 Å². The van der Waals surface area contributed by atoms with Gasteiger partial charge in [0.1, 0.15) is 11.9 Å². The Hall–Kier alpha value is -3.81. The van der Waals surface area contributed by atoms with Crippen LogP contribution in [0.3, 0.4) is 0 Å². The second-order valence-electron chi connectivity index (χ2n) is 7.79.